The van der Waals surface area contributed by atoms with E-state index < -0.39 is 0 Å². The van der Waals surface area contributed by atoms with Gasteiger partial charge in [-0.2, -0.15) is 0 Å². The molecule has 0 bridgehead atoms. The maximum Gasteiger partial charge on any atom is 0.137 e. The number of anilines is 7. The van der Waals surface area contributed by atoms with E-state index in [1.54, 1.807) is 0 Å². The number of para-hydroxylation sites is 4. The van der Waals surface area contributed by atoms with Crippen LogP contribution in [-0.4, -0.2) is 16.2 Å². The summed E-state index contributed by atoms with van der Waals surface area (Å²) >= 11 is 0. The van der Waals surface area contributed by atoms with Crippen LogP contribution < -0.4 is 14.7 Å². The molecule has 3 heterocycles. The summed E-state index contributed by atoms with van der Waals surface area (Å²) < 4.78 is 2.36. The molecule has 0 amide bonds. The molecule has 2 aromatic heterocycles. The summed E-state index contributed by atoms with van der Waals surface area (Å²) in [6.07, 6.45) is 1.96. The summed E-state index contributed by atoms with van der Waals surface area (Å²) in [5, 5.41) is 2.36. The quantitative estimate of drug-likeness (QED) is 0.144. The number of pyridine rings is 1. The highest BCUT2D eigenvalue weighted by Crippen LogP contribution is 2.58. The number of aromatic nitrogens is 2. The molecule has 0 saturated heterocycles. The van der Waals surface area contributed by atoms with Gasteiger partial charge in [-0.3, -0.25) is 4.57 Å². The van der Waals surface area contributed by atoms with Crippen molar-refractivity contribution >= 4 is 61.6 Å². The second-order valence-corrected chi connectivity index (χ2v) is 22.4. The lowest BCUT2D eigenvalue weighted by atomic mass is 9.82. The van der Waals surface area contributed by atoms with Gasteiger partial charge in [-0.25, -0.2) is 4.98 Å². The molecular weight excluding hydrogens is 947 g/mol. The van der Waals surface area contributed by atoms with Crippen LogP contribution in [0.15, 0.2) is 255 Å². The van der Waals surface area contributed by atoms with E-state index in [9.17, 15) is 0 Å². The van der Waals surface area contributed by atoms with Gasteiger partial charge in [-0.05, 0) is 105 Å². The molecule has 0 unspecified atom stereocenters. The van der Waals surface area contributed by atoms with Crippen LogP contribution in [0.5, 0.6) is 0 Å². The van der Waals surface area contributed by atoms with Gasteiger partial charge < -0.3 is 14.7 Å². The van der Waals surface area contributed by atoms with E-state index in [2.05, 4.69) is 303 Å². The molecule has 5 heteroatoms. The summed E-state index contributed by atoms with van der Waals surface area (Å²) in [5.74, 6) is 0.901. The molecule has 0 saturated carbocycles. The lowest BCUT2D eigenvalue weighted by molar-refractivity contribution is 0.588. The average molecular weight is 1010 g/mol. The average Bonchev–Trinajstić information content (AvgIpc) is 4.11. The predicted octanol–water partition coefficient (Wildman–Crippen LogP) is 19.5. The lowest BCUT2D eigenvalue weighted by Crippen LogP contribution is -2.25. The molecule has 12 aromatic rings. The van der Waals surface area contributed by atoms with Gasteiger partial charge in [0.25, 0.3) is 0 Å². The summed E-state index contributed by atoms with van der Waals surface area (Å²) in [4.78, 5) is 12.7. The van der Waals surface area contributed by atoms with Gasteiger partial charge in [0, 0.05) is 61.7 Å². The van der Waals surface area contributed by atoms with Crippen molar-refractivity contribution in [1.82, 2.24) is 9.55 Å². The van der Waals surface area contributed by atoms with Crippen molar-refractivity contribution in [3.05, 3.63) is 272 Å². The maximum absolute atomic E-state index is 5.10. The van der Waals surface area contributed by atoms with E-state index in [-0.39, 0.29) is 10.8 Å². The van der Waals surface area contributed by atoms with Gasteiger partial charge in [-0.1, -0.05) is 223 Å². The minimum atomic E-state index is -0.161. The van der Waals surface area contributed by atoms with Gasteiger partial charge in [-0.15, -0.1) is 0 Å². The van der Waals surface area contributed by atoms with E-state index in [1.807, 2.05) is 6.20 Å². The zero-order chi connectivity index (χ0) is 52.7. The van der Waals surface area contributed by atoms with Crippen LogP contribution in [0.2, 0.25) is 0 Å². The Kier molecular flexibility index (Phi) is 11.1. The molecule has 78 heavy (non-hydrogen) atoms. The minimum absolute atomic E-state index is 0.0566. The van der Waals surface area contributed by atoms with Crippen molar-refractivity contribution in [2.45, 2.75) is 45.4 Å². The van der Waals surface area contributed by atoms with Crippen LogP contribution in [0.4, 0.5) is 39.8 Å². The number of benzene rings is 10. The molecule has 1 aliphatic carbocycles. The Morgan fingerprint density at radius 1 is 0.449 bits per heavy atom. The fourth-order valence-corrected chi connectivity index (χ4v) is 12.6. The third-order valence-corrected chi connectivity index (χ3v) is 16.4. The van der Waals surface area contributed by atoms with Crippen LogP contribution in [-0.2, 0) is 10.8 Å². The Morgan fingerprint density at radius 2 is 1.03 bits per heavy atom. The van der Waals surface area contributed by atoms with E-state index in [4.69, 9.17) is 4.98 Å². The summed E-state index contributed by atoms with van der Waals surface area (Å²) in [6.45, 7) is 12.2. The van der Waals surface area contributed by atoms with Crippen molar-refractivity contribution in [1.29, 1.82) is 0 Å². The zero-order valence-electron chi connectivity index (χ0n) is 44.7. The molecule has 14 rings (SSSR count). The molecular formula is C73H59N5. The fraction of sp³-hybridized carbons (Fsp3) is 0.110. The smallest absolute Gasteiger partial charge is 0.137 e. The Hall–Kier alpha value is -9.45. The van der Waals surface area contributed by atoms with Gasteiger partial charge in [0.1, 0.15) is 12.5 Å². The largest absolute Gasteiger partial charge is 0.321 e. The Balaban J connectivity index is 0.995. The van der Waals surface area contributed by atoms with E-state index in [0.29, 0.717) is 6.67 Å². The molecule has 0 fully saturated rings. The summed E-state index contributed by atoms with van der Waals surface area (Å²) in [5.41, 5.74) is 23.4. The minimum Gasteiger partial charge on any atom is -0.321 e. The second-order valence-electron chi connectivity index (χ2n) is 22.4. The molecule has 0 atom stereocenters. The second kappa shape index (κ2) is 18.4. The van der Waals surface area contributed by atoms with Crippen molar-refractivity contribution in [3.63, 3.8) is 0 Å². The first-order valence-electron chi connectivity index (χ1n) is 27.2. The standard InChI is InChI=1S/C73H59N5/c1-72(2,3)52-43-44-74-68(45-52)78-64-36-18-16-31-59(64)60-40-39-55(47-67(60)78)77(70-56(49-23-9-6-10-24-49)33-22-34-57(70)50-25-11-7-12-26-50)54-30-21-29-53(46-54)75-48-76(66-38-20-19-37-65(66)75)71-58(51-27-13-8-14-28-51)41-42-63-69(71)61-32-15-17-35-62(61)73(63,4)5/h6-47H,48H2,1-5H3. The summed E-state index contributed by atoms with van der Waals surface area (Å²) in [7, 11) is 0. The van der Waals surface area contributed by atoms with Crippen LogP contribution in [0.3, 0.4) is 0 Å². The number of fused-ring (bicyclic) bond motifs is 7. The molecule has 1 aliphatic heterocycles. The molecule has 0 N–H and O–H groups in total. The van der Waals surface area contributed by atoms with Gasteiger partial charge >= 0.3 is 0 Å². The third kappa shape index (κ3) is 7.63. The first-order chi connectivity index (χ1) is 38.1. The number of hydrogen-bond donors (Lipinski definition) is 0. The normalized spacial score (nSPS) is 13.4. The van der Waals surface area contributed by atoms with Crippen molar-refractivity contribution < 1.29 is 0 Å². The van der Waals surface area contributed by atoms with Crippen LogP contribution in [0.1, 0.15) is 51.3 Å². The van der Waals surface area contributed by atoms with Crippen molar-refractivity contribution in [2.75, 3.05) is 21.4 Å². The van der Waals surface area contributed by atoms with E-state index in [1.165, 1.54) is 61.1 Å². The summed E-state index contributed by atoms with van der Waals surface area (Å²) in [6, 6.07) is 91.5. The lowest BCUT2D eigenvalue weighted by Gasteiger charge is -2.32. The predicted molar refractivity (Wildman–Crippen MR) is 328 cm³/mol. The molecule has 376 valence electrons. The van der Waals surface area contributed by atoms with E-state index >= 15 is 0 Å². The highest BCUT2D eigenvalue weighted by Gasteiger charge is 2.41. The Bertz CT molecular complexity index is 4200. The number of nitrogens with zero attached hydrogens (tertiary/aromatic N) is 5. The number of rotatable bonds is 9. The number of hydrogen-bond acceptors (Lipinski definition) is 4. The van der Waals surface area contributed by atoms with Crippen molar-refractivity contribution in [2.24, 2.45) is 0 Å². The first-order valence-corrected chi connectivity index (χ1v) is 27.2. The highest BCUT2D eigenvalue weighted by atomic mass is 15.4. The monoisotopic (exact) mass is 1010 g/mol. The van der Waals surface area contributed by atoms with Crippen LogP contribution in [0.25, 0.3) is 72.1 Å². The van der Waals surface area contributed by atoms with Gasteiger partial charge in [0.2, 0.25) is 0 Å². The molecule has 2 aliphatic rings. The fourth-order valence-electron chi connectivity index (χ4n) is 12.6. The zero-order valence-corrected chi connectivity index (χ0v) is 44.7. The van der Waals surface area contributed by atoms with Crippen molar-refractivity contribution in [3.8, 4) is 50.3 Å². The molecule has 10 aromatic carbocycles. The Labute approximate surface area is 457 Å². The molecule has 0 spiro atoms. The highest BCUT2D eigenvalue weighted by molar-refractivity contribution is 6.11. The van der Waals surface area contributed by atoms with Crippen LogP contribution in [0, 0.1) is 0 Å². The third-order valence-electron chi connectivity index (χ3n) is 16.4. The van der Waals surface area contributed by atoms with E-state index in [0.717, 1.165) is 67.5 Å². The topological polar surface area (TPSA) is 27.5 Å². The molecule has 0 radical (unpaired) electrons. The maximum atomic E-state index is 5.10. The van der Waals surface area contributed by atoms with Gasteiger partial charge in [0.15, 0.2) is 0 Å². The first kappa shape index (κ1) is 47.0. The SMILES string of the molecule is CC(C)(C)c1ccnc(-n2c3ccccc3c3ccc(N(c4cccc(N5CN(c6c(-c7ccccc7)ccc7c6-c6ccccc6C7(C)C)c6ccccc65)c4)c4c(-c5ccccc5)cccc4-c4ccccc4)cc32)c1. The molecule has 5 nitrogen and oxygen atoms in total. The Morgan fingerprint density at radius 3 is 1.73 bits per heavy atom. The van der Waals surface area contributed by atoms with Crippen LogP contribution >= 0.6 is 0 Å². The van der Waals surface area contributed by atoms with Gasteiger partial charge in [0.05, 0.1) is 33.8 Å².